The molecule has 0 saturated heterocycles. The number of aromatic nitrogens is 2. The van der Waals surface area contributed by atoms with Crippen LogP contribution in [0.25, 0.3) is 17.0 Å². The summed E-state index contributed by atoms with van der Waals surface area (Å²) in [4.78, 5) is 19.3. The van der Waals surface area contributed by atoms with Gasteiger partial charge in [0.25, 0.3) is 5.89 Å². The van der Waals surface area contributed by atoms with Crippen molar-refractivity contribution < 1.29 is 22.8 Å². The summed E-state index contributed by atoms with van der Waals surface area (Å²) in [6.07, 6.45) is 0. The molecule has 182 valence electrons. The summed E-state index contributed by atoms with van der Waals surface area (Å²) in [5.74, 6) is 0.287. The molecule has 1 N–H and O–H groups in total. The fraction of sp³-hybridized carbons (Fsp3) is 0.148. The number of nitrogens with one attached hydrogen (secondary N) is 1. The van der Waals surface area contributed by atoms with Crippen LogP contribution in [0.15, 0.2) is 77.0 Å². The fourth-order valence-electron chi connectivity index (χ4n) is 4.25. The summed E-state index contributed by atoms with van der Waals surface area (Å²) in [5.41, 5.74) is 3.01. The van der Waals surface area contributed by atoms with E-state index in [4.69, 9.17) is 9.26 Å². The standard InChI is InChI=1S/C27H22F2N4O3/c1-15-12-20(10-11-22(15)29)33-16(2)23(24(30-27(33)34)17-6-4-8-19(28)13-17)26-31-25(32-36-26)18-7-5-9-21(14-18)35-3/h4-14,24H,1-3H3,(H,30,34). The Morgan fingerprint density at radius 1 is 1.03 bits per heavy atom. The minimum Gasteiger partial charge on any atom is -0.497 e. The number of carbonyl (C=O) groups excluding carboxylic acids is 1. The lowest BCUT2D eigenvalue weighted by Gasteiger charge is -2.35. The van der Waals surface area contributed by atoms with Gasteiger partial charge in [0.05, 0.1) is 24.4 Å². The zero-order valence-electron chi connectivity index (χ0n) is 19.8. The summed E-state index contributed by atoms with van der Waals surface area (Å²) in [7, 11) is 1.56. The van der Waals surface area contributed by atoms with Gasteiger partial charge >= 0.3 is 6.03 Å². The first kappa shape index (κ1) is 23.2. The van der Waals surface area contributed by atoms with Crippen LogP contribution in [-0.2, 0) is 0 Å². The highest BCUT2D eigenvalue weighted by Gasteiger charge is 2.36. The van der Waals surface area contributed by atoms with Crippen LogP contribution in [0, 0.1) is 18.6 Å². The molecule has 5 rings (SSSR count). The number of benzene rings is 3. The van der Waals surface area contributed by atoms with Gasteiger partial charge in [0.15, 0.2) is 0 Å². The number of halogens is 2. The molecule has 1 aliphatic heterocycles. The molecule has 9 heteroatoms. The monoisotopic (exact) mass is 488 g/mol. The van der Waals surface area contributed by atoms with Crippen LogP contribution in [-0.4, -0.2) is 23.3 Å². The number of ether oxygens (including phenoxy) is 1. The average Bonchev–Trinajstić information content (AvgIpc) is 3.35. The third kappa shape index (κ3) is 4.19. The zero-order valence-corrected chi connectivity index (χ0v) is 19.8. The van der Waals surface area contributed by atoms with Crippen molar-refractivity contribution in [1.29, 1.82) is 0 Å². The second-order valence-corrected chi connectivity index (χ2v) is 8.36. The van der Waals surface area contributed by atoms with Crippen molar-refractivity contribution in [1.82, 2.24) is 15.5 Å². The Bertz CT molecular complexity index is 1500. The van der Waals surface area contributed by atoms with E-state index in [0.717, 1.165) is 0 Å². The van der Waals surface area contributed by atoms with Gasteiger partial charge in [-0.25, -0.2) is 13.6 Å². The molecule has 0 bridgehead atoms. The van der Waals surface area contributed by atoms with Crippen LogP contribution in [0.1, 0.15) is 30.0 Å². The summed E-state index contributed by atoms with van der Waals surface area (Å²) < 4.78 is 39.0. The normalized spacial score (nSPS) is 15.8. The molecule has 0 saturated carbocycles. The summed E-state index contributed by atoms with van der Waals surface area (Å²) >= 11 is 0. The van der Waals surface area contributed by atoms with E-state index in [-0.39, 0.29) is 11.7 Å². The highest BCUT2D eigenvalue weighted by atomic mass is 19.1. The number of urea groups is 1. The van der Waals surface area contributed by atoms with Gasteiger partial charge in [-0.3, -0.25) is 4.90 Å². The lowest BCUT2D eigenvalue weighted by Crippen LogP contribution is -2.46. The number of aryl methyl sites for hydroxylation is 1. The smallest absolute Gasteiger partial charge is 0.326 e. The van der Waals surface area contributed by atoms with Gasteiger partial charge in [-0.1, -0.05) is 29.4 Å². The van der Waals surface area contributed by atoms with Gasteiger partial charge in [0.1, 0.15) is 17.4 Å². The van der Waals surface area contributed by atoms with E-state index in [1.807, 2.05) is 12.1 Å². The number of hydrogen-bond acceptors (Lipinski definition) is 5. The molecule has 2 amide bonds. The molecule has 7 nitrogen and oxygen atoms in total. The van der Waals surface area contributed by atoms with Crippen molar-refractivity contribution in [3.63, 3.8) is 0 Å². The third-order valence-electron chi connectivity index (χ3n) is 6.05. The molecule has 4 aromatic rings. The van der Waals surface area contributed by atoms with Gasteiger partial charge < -0.3 is 14.6 Å². The van der Waals surface area contributed by atoms with Crippen molar-refractivity contribution in [2.75, 3.05) is 12.0 Å². The lowest BCUT2D eigenvalue weighted by molar-refractivity contribution is 0.244. The Morgan fingerprint density at radius 3 is 2.58 bits per heavy atom. The van der Waals surface area contributed by atoms with Crippen LogP contribution < -0.4 is 15.0 Å². The fourth-order valence-corrected chi connectivity index (χ4v) is 4.25. The first-order valence-corrected chi connectivity index (χ1v) is 11.2. The molecule has 3 aromatic carbocycles. The summed E-state index contributed by atoms with van der Waals surface area (Å²) in [6.45, 7) is 3.35. The number of rotatable bonds is 5. The maximum atomic E-state index is 14.1. The summed E-state index contributed by atoms with van der Waals surface area (Å²) in [6, 6.07) is 16.3. The van der Waals surface area contributed by atoms with Crippen LogP contribution in [0.4, 0.5) is 19.3 Å². The molecule has 0 fully saturated rings. The van der Waals surface area contributed by atoms with Crippen molar-refractivity contribution in [2.45, 2.75) is 19.9 Å². The molecule has 36 heavy (non-hydrogen) atoms. The lowest BCUT2D eigenvalue weighted by atomic mass is 9.94. The topological polar surface area (TPSA) is 80.5 Å². The Morgan fingerprint density at radius 2 is 1.83 bits per heavy atom. The molecule has 1 aromatic heterocycles. The maximum Gasteiger partial charge on any atom is 0.326 e. The van der Waals surface area contributed by atoms with Crippen molar-refractivity contribution >= 4 is 17.3 Å². The predicted molar refractivity (Wildman–Crippen MR) is 130 cm³/mol. The maximum absolute atomic E-state index is 14.1. The van der Waals surface area contributed by atoms with Crippen LogP contribution >= 0.6 is 0 Å². The molecule has 1 unspecified atom stereocenters. The Labute approximate surface area is 206 Å². The first-order valence-electron chi connectivity index (χ1n) is 11.2. The number of methoxy groups -OCH3 is 1. The minimum absolute atomic E-state index is 0.156. The quantitative estimate of drug-likeness (QED) is 0.371. The van der Waals surface area contributed by atoms with Gasteiger partial charge in [-0.2, -0.15) is 4.98 Å². The Hall–Kier alpha value is -4.53. The zero-order chi connectivity index (χ0) is 25.4. The molecular weight excluding hydrogens is 466 g/mol. The third-order valence-corrected chi connectivity index (χ3v) is 6.05. The molecule has 1 aliphatic rings. The largest absolute Gasteiger partial charge is 0.497 e. The van der Waals surface area contributed by atoms with Gasteiger partial charge in [0.2, 0.25) is 5.82 Å². The number of amides is 2. The van der Waals surface area contributed by atoms with Crippen LogP contribution in [0.5, 0.6) is 5.75 Å². The molecule has 0 spiro atoms. The molecule has 2 heterocycles. The first-order chi connectivity index (χ1) is 17.4. The van der Waals surface area contributed by atoms with Crippen molar-refractivity contribution in [3.8, 4) is 17.1 Å². The van der Waals surface area contributed by atoms with E-state index < -0.39 is 17.9 Å². The van der Waals surface area contributed by atoms with E-state index in [2.05, 4.69) is 15.5 Å². The SMILES string of the molecule is COc1cccc(-c2noc(C3=C(C)N(c4ccc(F)c(C)c4)C(=O)NC3c3cccc(F)c3)n2)c1. The molecule has 0 radical (unpaired) electrons. The van der Waals surface area contributed by atoms with Gasteiger partial charge in [-0.05, 0) is 67.4 Å². The number of hydrogen-bond donors (Lipinski definition) is 1. The second-order valence-electron chi connectivity index (χ2n) is 8.36. The number of anilines is 1. The van der Waals surface area contributed by atoms with E-state index in [9.17, 15) is 13.6 Å². The number of carbonyl (C=O) groups is 1. The highest BCUT2D eigenvalue weighted by Crippen LogP contribution is 2.39. The summed E-state index contributed by atoms with van der Waals surface area (Å²) in [5, 5.41) is 7.04. The van der Waals surface area contributed by atoms with Crippen molar-refractivity contribution in [2.24, 2.45) is 0 Å². The van der Waals surface area contributed by atoms with E-state index in [1.165, 1.54) is 29.2 Å². The number of nitrogens with zero attached hydrogens (tertiary/aromatic N) is 3. The van der Waals surface area contributed by atoms with Gasteiger partial charge in [0, 0.05) is 11.3 Å². The molecule has 0 aliphatic carbocycles. The second kappa shape index (κ2) is 9.26. The number of allylic oxidation sites excluding steroid dienone is 1. The van der Waals surface area contributed by atoms with Gasteiger partial charge in [-0.15, -0.1) is 0 Å². The van der Waals surface area contributed by atoms with E-state index in [0.29, 0.717) is 45.2 Å². The van der Waals surface area contributed by atoms with E-state index >= 15 is 0 Å². The van der Waals surface area contributed by atoms with Crippen LogP contribution in [0.2, 0.25) is 0 Å². The molecular formula is C27H22F2N4O3. The average molecular weight is 488 g/mol. The van der Waals surface area contributed by atoms with E-state index in [1.54, 1.807) is 51.3 Å². The minimum atomic E-state index is -0.760. The Kier molecular flexibility index (Phi) is 5.97. The highest BCUT2D eigenvalue weighted by molar-refractivity contribution is 6.01. The predicted octanol–water partition coefficient (Wildman–Crippen LogP) is 6.03. The Balaban J connectivity index is 1.66. The molecule has 1 atom stereocenters. The van der Waals surface area contributed by atoms with Crippen LogP contribution in [0.3, 0.4) is 0 Å². The van der Waals surface area contributed by atoms with Crippen molar-refractivity contribution in [3.05, 3.63) is 101 Å².